The molecule has 1 saturated heterocycles. The molecule has 20 heteroatoms. The summed E-state index contributed by atoms with van der Waals surface area (Å²) in [6, 6.07) is -1.02. The average molecular weight is 631 g/mol. The van der Waals surface area contributed by atoms with Crippen LogP contribution < -0.4 is 11.1 Å². The van der Waals surface area contributed by atoms with Crippen LogP contribution in [-0.4, -0.2) is 120 Å². The molecule has 0 aromatic carbocycles. The first-order valence-electron chi connectivity index (χ1n) is 11.6. The standard InChI is InChI=1S/C20H27N10O6PS3/c1-28(2)5-6-29-20(24-26-27-29)40-8-10-7-38-17-13(16(32)30(17)14(10)18(33)34)23-15(31)12(25-36-37(3,4)35)11-9-39-19(21)22-11/h9,13,17H,5-8H2,1-4H3,(H2,21,22)(H,23,31)(H,33,34)/b25-12+/t13-,17-/m1/s1. The number of likely N-dealkylation sites (N-methyl/N-ethyl adjacent to an activating group) is 1. The van der Waals surface area contributed by atoms with Crippen LogP contribution in [0.4, 0.5) is 5.13 Å². The van der Waals surface area contributed by atoms with Gasteiger partial charge in [0.2, 0.25) is 5.16 Å². The van der Waals surface area contributed by atoms with Crippen molar-refractivity contribution in [1.29, 1.82) is 0 Å². The summed E-state index contributed by atoms with van der Waals surface area (Å²) in [5, 5.41) is 29.5. The third-order valence-electron chi connectivity index (χ3n) is 5.48. The number of tetrazole rings is 1. The molecule has 2 amide bonds. The molecule has 0 spiro atoms. The number of nitrogens with one attached hydrogen (secondary N) is 1. The van der Waals surface area contributed by atoms with E-state index >= 15 is 0 Å². The number of carbonyl (C=O) groups excluding carboxylic acids is 2. The van der Waals surface area contributed by atoms with Gasteiger partial charge in [0.05, 0.1) is 6.54 Å². The number of rotatable bonds is 12. The van der Waals surface area contributed by atoms with E-state index in [0.717, 1.165) is 17.9 Å². The number of β-lactam (4-membered cyclic amide) rings is 1. The minimum absolute atomic E-state index is 0.0896. The molecule has 2 aromatic heterocycles. The minimum Gasteiger partial charge on any atom is -0.477 e. The van der Waals surface area contributed by atoms with E-state index in [2.05, 4.69) is 31.0 Å². The van der Waals surface area contributed by atoms with Crippen molar-refractivity contribution in [3.8, 4) is 0 Å². The molecular formula is C20H27N10O6PS3. The highest BCUT2D eigenvalue weighted by Crippen LogP contribution is 2.42. The number of nitrogens with zero attached hydrogens (tertiary/aromatic N) is 8. The summed E-state index contributed by atoms with van der Waals surface area (Å²) in [5.41, 5.74) is 5.88. The molecule has 0 unspecified atom stereocenters. The molecule has 2 aliphatic rings. The lowest BCUT2D eigenvalue weighted by Crippen LogP contribution is -2.71. The zero-order chi connectivity index (χ0) is 29.2. The van der Waals surface area contributed by atoms with E-state index in [-0.39, 0.29) is 28.0 Å². The Morgan fingerprint density at radius 3 is 2.77 bits per heavy atom. The van der Waals surface area contributed by atoms with Crippen molar-refractivity contribution in [1.82, 2.24) is 40.3 Å². The topological polar surface area (TPSA) is 211 Å². The predicted molar refractivity (Wildman–Crippen MR) is 150 cm³/mol. The third-order valence-corrected chi connectivity index (χ3v) is 9.01. The van der Waals surface area contributed by atoms with Crippen LogP contribution in [0.25, 0.3) is 0 Å². The number of carboxylic acid groups (broad SMARTS) is 1. The number of nitrogen functional groups attached to an aromatic ring is 1. The Morgan fingerprint density at radius 1 is 1.40 bits per heavy atom. The summed E-state index contributed by atoms with van der Waals surface area (Å²) in [6.07, 6.45) is 0. The molecule has 16 nitrogen and oxygen atoms in total. The first kappa shape index (κ1) is 30.0. The molecule has 1 fully saturated rings. The van der Waals surface area contributed by atoms with Gasteiger partial charge in [0.25, 0.3) is 19.2 Å². The van der Waals surface area contributed by atoms with Crippen molar-refractivity contribution in [2.45, 2.75) is 23.1 Å². The van der Waals surface area contributed by atoms with E-state index in [9.17, 15) is 24.1 Å². The molecule has 0 bridgehead atoms. The van der Waals surface area contributed by atoms with Gasteiger partial charge in [-0.25, -0.2) is 14.5 Å². The van der Waals surface area contributed by atoms with Gasteiger partial charge in [-0.3, -0.25) is 19.1 Å². The highest BCUT2D eigenvalue weighted by Gasteiger charge is 2.54. The van der Waals surface area contributed by atoms with Crippen LogP contribution >= 0.6 is 42.2 Å². The second-order valence-corrected chi connectivity index (χ2v) is 14.8. The number of carboxylic acids is 1. The van der Waals surface area contributed by atoms with Gasteiger partial charge in [-0.15, -0.1) is 28.2 Å². The molecule has 0 radical (unpaired) electrons. The molecule has 2 aliphatic heterocycles. The average Bonchev–Trinajstić information content (AvgIpc) is 3.51. The maximum Gasteiger partial charge on any atom is 0.352 e. The van der Waals surface area contributed by atoms with E-state index in [1.807, 2.05) is 19.0 Å². The maximum atomic E-state index is 13.1. The fourth-order valence-corrected chi connectivity index (χ4v) is 6.84. The second-order valence-electron chi connectivity index (χ2n) is 9.24. The zero-order valence-electron chi connectivity index (χ0n) is 21.9. The number of aromatic nitrogens is 5. The van der Waals surface area contributed by atoms with E-state index in [1.165, 1.54) is 47.1 Å². The fraction of sp³-hybridized carbons (Fsp3) is 0.500. The number of hydrogen-bond donors (Lipinski definition) is 3. The predicted octanol–water partition coefficient (Wildman–Crippen LogP) is 0.0627. The Kier molecular flexibility index (Phi) is 9.19. The first-order chi connectivity index (χ1) is 18.9. The number of aliphatic carboxylic acids is 1. The van der Waals surface area contributed by atoms with Gasteiger partial charge >= 0.3 is 5.97 Å². The molecule has 4 rings (SSSR count). The first-order valence-corrected chi connectivity index (χ1v) is 17.1. The van der Waals surface area contributed by atoms with Gasteiger partial charge in [-0.2, -0.15) is 0 Å². The van der Waals surface area contributed by atoms with Gasteiger partial charge in [-0.05, 0) is 30.1 Å². The second kappa shape index (κ2) is 12.3. The quantitative estimate of drug-likeness (QED) is 0.0931. The summed E-state index contributed by atoms with van der Waals surface area (Å²) in [4.78, 5) is 45.6. The Balaban J connectivity index is 1.48. The van der Waals surface area contributed by atoms with E-state index < -0.39 is 36.6 Å². The Labute approximate surface area is 241 Å². The van der Waals surface area contributed by atoms with Crippen LogP contribution in [0.2, 0.25) is 0 Å². The summed E-state index contributed by atoms with van der Waals surface area (Å²) in [7, 11) is 0.774. The monoisotopic (exact) mass is 630 g/mol. The number of oxime groups is 1. The largest absolute Gasteiger partial charge is 0.477 e. The number of thiazole rings is 1. The van der Waals surface area contributed by atoms with Crippen LogP contribution in [0, 0.1) is 0 Å². The van der Waals surface area contributed by atoms with Crippen molar-refractivity contribution < 1.29 is 28.7 Å². The van der Waals surface area contributed by atoms with Crippen molar-refractivity contribution in [2.75, 3.05) is 51.2 Å². The molecule has 4 heterocycles. The molecule has 4 N–H and O–H groups in total. The molecule has 0 saturated carbocycles. The number of carbonyl (C=O) groups is 3. The van der Waals surface area contributed by atoms with Gasteiger partial charge in [0.15, 0.2) is 10.8 Å². The molecule has 0 aliphatic carbocycles. The number of hydrogen-bond acceptors (Lipinski definition) is 15. The summed E-state index contributed by atoms with van der Waals surface area (Å²) in [5.74, 6) is -2.06. The van der Waals surface area contributed by atoms with Gasteiger partial charge in [-0.1, -0.05) is 16.9 Å². The number of amides is 2. The van der Waals surface area contributed by atoms with E-state index in [4.69, 9.17) is 10.4 Å². The molecule has 216 valence electrons. The Morgan fingerprint density at radius 2 is 2.15 bits per heavy atom. The van der Waals surface area contributed by atoms with Crippen LogP contribution in [0.5, 0.6) is 0 Å². The lowest BCUT2D eigenvalue weighted by molar-refractivity contribution is -0.150. The molecular weight excluding hydrogens is 603 g/mol. The van der Waals surface area contributed by atoms with E-state index in [0.29, 0.717) is 23.0 Å². The lowest BCUT2D eigenvalue weighted by Gasteiger charge is -2.49. The fourth-order valence-electron chi connectivity index (χ4n) is 3.63. The number of thioether (sulfide) groups is 2. The highest BCUT2D eigenvalue weighted by atomic mass is 32.2. The number of nitrogens with two attached hydrogens (primary N) is 1. The van der Waals surface area contributed by atoms with Crippen molar-refractivity contribution in [2.24, 2.45) is 5.16 Å². The maximum absolute atomic E-state index is 13.1. The normalized spacial score (nSPS) is 19.5. The lowest BCUT2D eigenvalue weighted by atomic mass is 10.0. The SMILES string of the molecule is CN(C)CCn1nnnc1SCC1=C(C(=O)O)N2C(=O)[C@@H](NC(=O)/C(=N/OP(C)(C)=O)c3csc(N)n3)[C@H]2SC1. The number of anilines is 1. The van der Waals surface area contributed by atoms with Crippen molar-refractivity contribution >= 4 is 70.9 Å². The highest BCUT2D eigenvalue weighted by molar-refractivity contribution is 8.01. The minimum atomic E-state index is -3.09. The third kappa shape index (κ3) is 6.83. The van der Waals surface area contributed by atoms with Gasteiger partial charge in [0.1, 0.15) is 22.8 Å². The van der Waals surface area contributed by atoms with Gasteiger partial charge < -0.3 is 25.7 Å². The molecule has 40 heavy (non-hydrogen) atoms. The van der Waals surface area contributed by atoms with E-state index in [1.54, 1.807) is 4.68 Å². The van der Waals surface area contributed by atoms with Crippen LogP contribution in [0.1, 0.15) is 5.69 Å². The van der Waals surface area contributed by atoms with Gasteiger partial charge in [0, 0.05) is 36.8 Å². The summed E-state index contributed by atoms with van der Waals surface area (Å²) >= 11 is 3.67. The molecule has 2 atom stereocenters. The van der Waals surface area contributed by atoms with Crippen LogP contribution in [-0.2, 0) is 30.1 Å². The van der Waals surface area contributed by atoms with Crippen LogP contribution in [0.3, 0.4) is 0 Å². The molecule has 2 aromatic rings. The Bertz CT molecular complexity index is 1420. The van der Waals surface area contributed by atoms with Crippen molar-refractivity contribution in [3.63, 3.8) is 0 Å². The Hall–Kier alpha value is -2.99. The summed E-state index contributed by atoms with van der Waals surface area (Å²) < 4.78 is 18.6. The van der Waals surface area contributed by atoms with Crippen LogP contribution in [0.15, 0.2) is 27.0 Å². The summed E-state index contributed by atoms with van der Waals surface area (Å²) in [6.45, 7) is 3.94. The smallest absolute Gasteiger partial charge is 0.352 e. The zero-order valence-corrected chi connectivity index (χ0v) is 25.2. The van der Waals surface area contributed by atoms with Crippen molar-refractivity contribution in [3.05, 3.63) is 22.3 Å². The number of fused-ring (bicyclic) bond motifs is 1.